The van der Waals surface area contributed by atoms with Crippen molar-refractivity contribution in [3.05, 3.63) is 0 Å². The summed E-state index contributed by atoms with van der Waals surface area (Å²) in [7, 11) is 0. The van der Waals surface area contributed by atoms with Crippen LogP contribution in [0, 0.1) is 0 Å². The molecule has 0 radical (unpaired) electrons. The molecule has 0 saturated carbocycles. The first-order valence-electron chi connectivity index (χ1n) is 5.28. The lowest BCUT2D eigenvalue weighted by Crippen LogP contribution is -2.58. The zero-order chi connectivity index (χ0) is 11.4. The highest BCUT2D eigenvalue weighted by Gasteiger charge is 2.59. The van der Waals surface area contributed by atoms with E-state index in [1.54, 1.807) is 13.8 Å². The lowest BCUT2D eigenvalue weighted by atomic mass is 9.99. The van der Waals surface area contributed by atoms with Crippen molar-refractivity contribution < 1.29 is 28.5 Å². The van der Waals surface area contributed by atoms with Gasteiger partial charge in [-0.3, -0.25) is 4.79 Å². The van der Waals surface area contributed by atoms with Crippen molar-refractivity contribution in [3.8, 4) is 0 Å². The molecule has 6 heteroatoms. The summed E-state index contributed by atoms with van der Waals surface area (Å²) in [4.78, 5) is 12.2. The predicted molar refractivity (Wildman–Crippen MR) is 49.4 cm³/mol. The Kier molecular flexibility index (Phi) is 2.15. The van der Waals surface area contributed by atoms with Crippen LogP contribution in [0.25, 0.3) is 0 Å². The quantitative estimate of drug-likeness (QED) is 0.574. The molecular formula is C10H14O6. The molecule has 3 aliphatic heterocycles. The van der Waals surface area contributed by atoms with Gasteiger partial charge >= 0.3 is 0 Å². The van der Waals surface area contributed by atoms with Gasteiger partial charge in [-0.1, -0.05) is 0 Å². The molecular weight excluding hydrogens is 216 g/mol. The minimum absolute atomic E-state index is 0.0768. The van der Waals surface area contributed by atoms with E-state index >= 15 is 0 Å². The molecule has 3 atom stereocenters. The summed E-state index contributed by atoms with van der Waals surface area (Å²) >= 11 is 0. The van der Waals surface area contributed by atoms with Crippen molar-refractivity contribution in [3.63, 3.8) is 0 Å². The Morgan fingerprint density at radius 1 is 1.25 bits per heavy atom. The number of carbonyl (C=O) groups excluding carboxylic acids is 1. The summed E-state index contributed by atoms with van der Waals surface area (Å²) in [6.45, 7) is 4.03. The van der Waals surface area contributed by atoms with E-state index in [0.29, 0.717) is 0 Å². The van der Waals surface area contributed by atoms with E-state index in [0.717, 1.165) is 0 Å². The molecule has 6 nitrogen and oxygen atoms in total. The Labute approximate surface area is 92.7 Å². The smallest absolute Gasteiger partial charge is 0.258 e. The lowest BCUT2D eigenvalue weighted by molar-refractivity contribution is -0.232. The maximum Gasteiger partial charge on any atom is 0.258 e. The van der Waals surface area contributed by atoms with Crippen LogP contribution < -0.4 is 0 Å². The summed E-state index contributed by atoms with van der Waals surface area (Å²) in [6, 6.07) is 0. The third-order valence-electron chi connectivity index (χ3n) is 2.97. The summed E-state index contributed by atoms with van der Waals surface area (Å²) < 4.78 is 26.9. The van der Waals surface area contributed by atoms with Crippen LogP contribution in [-0.4, -0.2) is 49.6 Å². The molecule has 3 rings (SSSR count). The molecule has 3 aliphatic rings. The van der Waals surface area contributed by atoms with Gasteiger partial charge in [-0.25, -0.2) is 0 Å². The van der Waals surface area contributed by atoms with Gasteiger partial charge in [-0.2, -0.15) is 0 Å². The molecule has 0 aromatic heterocycles. The molecule has 0 aliphatic carbocycles. The van der Waals surface area contributed by atoms with E-state index in [2.05, 4.69) is 0 Å². The van der Waals surface area contributed by atoms with Gasteiger partial charge in [0.15, 0.2) is 18.7 Å². The van der Waals surface area contributed by atoms with E-state index in [4.69, 9.17) is 23.7 Å². The maximum absolute atomic E-state index is 12.2. The molecule has 3 heterocycles. The molecule has 1 unspecified atom stereocenters. The summed E-state index contributed by atoms with van der Waals surface area (Å²) in [5.41, 5.74) is 0. The fraction of sp³-hybridized carbons (Fsp3) is 0.900. The van der Waals surface area contributed by atoms with Crippen molar-refractivity contribution in [2.24, 2.45) is 0 Å². The van der Waals surface area contributed by atoms with Gasteiger partial charge in [0.05, 0.1) is 6.61 Å². The Morgan fingerprint density at radius 3 is 2.75 bits per heavy atom. The van der Waals surface area contributed by atoms with E-state index in [1.165, 1.54) is 0 Å². The van der Waals surface area contributed by atoms with Gasteiger partial charge in [-0.15, -0.1) is 0 Å². The minimum atomic E-state index is -1.27. The fourth-order valence-corrected chi connectivity index (χ4v) is 2.26. The number of hydrogen-bond donors (Lipinski definition) is 0. The molecule has 3 fully saturated rings. The van der Waals surface area contributed by atoms with Crippen LogP contribution in [0.4, 0.5) is 0 Å². The molecule has 0 amide bonds. The van der Waals surface area contributed by atoms with Gasteiger partial charge in [0.2, 0.25) is 5.78 Å². The number of Topliss-reactive ketones (excluding diaryl/α,β-unsaturated/α-hetero) is 1. The molecule has 0 bridgehead atoms. The van der Waals surface area contributed by atoms with Crippen molar-refractivity contribution in [1.82, 2.24) is 0 Å². The highest BCUT2D eigenvalue weighted by molar-refractivity contribution is 5.91. The van der Waals surface area contributed by atoms with Crippen LogP contribution in [0.5, 0.6) is 0 Å². The first-order chi connectivity index (χ1) is 7.53. The van der Waals surface area contributed by atoms with Gasteiger partial charge < -0.3 is 23.7 Å². The van der Waals surface area contributed by atoms with E-state index in [9.17, 15) is 4.79 Å². The Morgan fingerprint density at radius 2 is 2.06 bits per heavy atom. The van der Waals surface area contributed by atoms with E-state index < -0.39 is 17.7 Å². The topological polar surface area (TPSA) is 63.2 Å². The van der Waals surface area contributed by atoms with Crippen molar-refractivity contribution in [2.75, 3.05) is 20.0 Å². The largest absolute Gasteiger partial charge is 0.349 e. The van der Waals surface area contributed by atoms with Crippen LogP contribution in [0.3, 0.4) is 0 Å². The number of ether oxygens (including phenoxy) is 5. The van der Waals surface area contributed by atoms with Crippen LogP contribution in [0.15, 0.2) is 0 Å². The summed E-state index contributed by atoms with van der Waals surface area (Å²) in [5, 5.41) is 0. The predicted octanol–water partition coefficient (Wildman–Crippen LogP) is -0.194. The highest BCUT2D eigenvalue weighted by Crippen LogP contribution is 2.37. The van der Waals surface area contributed by atoms with E-state index in [-0.39, 0.29) is 31.9 Å². The SMILES string of the molecule is CC1(C)OC2C(=O)[C@@]3(COCO3)OC[C@H]2O1. The van der Waals surface area contributed by atoms with Crippen LogP contribution in [-0.2, 0) is 28.5 Å². The highest BCUT2D eigenvalue weighted by atomic mass is 16.8. The fourth-order valence-electron chi connectivity index (χ4n) is 2.26. The van der Waals surface area contributed by atoms with Gasteiger partial charge in [0, 0.05) is 0 Å². The standard InChI is InChI=1S/C10H14O6/c1-9(2)15-6-3-13-10(4-12-5-14-10)8(11)7(6)16-9/h6-7H,3-5H2,1-2H3/t6-,7?,10+/m1/s1. The first kappa shape index (κ1) is 10.6. The molecule has 3 saturated heterocycles. The third-order valence-corrected chi connectivity index (χ3v) is 2.97. The minimum Gasteiger partial charge on any atom is -0.349 e. The number of carbonyl (C=O) groups is 1. The molecule has 0 aromatic rings. The Bertz CT molecular complexity index is 319. The van der Waals surface area contributed by atoms with Gasteiger partial charge in [0.1, 0.15) is 12.7 Å². The third kappa shape index (κ3) is 1.42. The lowest BCUT2D eigenvalue weighted by Gasteiger charge is -2.34. The first-order valence-corrected chi connectivity index (χ1v) is 5.28. The molecule has 1 spiro atoms. The van der Waals surface area contributed by atoms with Crippen molar-refractivity contribution in [1.29, 1.82) is 0 Å². The van der Waals surface area contributed by atoms with Crippen molar-refractivity contribution >= 4 is 5.78 Å². The second kappa shape index (κ2) is 3.24. The number of ketones is 1. The molecule has 0 N–H and O–H groups in total. The molecule has 90 valence electrons. The normalized spacial score (nSPS) is 46.2. The Balaban J connectivity index is 1.85. The number of hydrogen-bond acceptors (Lipinski definition) is 6. The monoisotopic (exact) mass is 230 g/mol. The average molecular weight is 230 g/mol. The van der Waals surface area contributed by atoms with Crippen LogP contribution in [0.1, 0.15) is 13.8 Å². The Hall–Kier alpha value is -0.530. The van der Waals surface area contributed by atoms with E-state index in [1.807, 2.05) is 0 Å². The van der Waals surface area contributed by atoms with Gasteiger partial charge in [0.25, 0.3) is 5.79 Å². The second-order valence-corrected chi connectivity index (χ2v) is 4.63. The molecule has 0 aromatic carbocycles. The second-order valence-electron chi connectivity index (χ2n) is 4.63. The summed E-state index contributed by atoms with van der Waals surface area (Å²) in [5.74, 6) is -2.27. The number of rotatable bonds is 0. The maximum atomic E-state index is 12.2. The zero-order valence-corrected chi connectivity index (χ0v) is 9.23. The van der Waals surface area contributed by atoms with Crippen molar-refractivity contribution in [2.45, 2.75) is 37.6 Å². The van der Waals surface area contributed by atoms with Gasteiger partial charge in [-0.05, 0) is 13.8 Å². The zero-order valence-electron chi connectivity index (χ0n) is 9.23. The summed E-state index contributed by atoms with van der Waals surface area (Å²) in [6.07, 6.45) is -0.970. The average Bonchev–Trinajstić information content (AvgIpc) is 2.78. The van der Waals surface area contributed by atoms with Crippen LogP contribution in [0.2, 0.25) is 0 Å². The number of fused-ring (bicyclic) bond motifs is 1. The molecule has 16 heavy (non-hydrogen) atoms. The van der Waals surface area contributed by atoms with Crippen LogP contribution >= 0.6 is 0 Å².